The SMILES string of the molecule is O=C(NCCCOCC1CC1)c1ccc(OC(F)(F)F)cc1. The molecule has 0 spiro atoms. The molecule has 1 aliphatic carbocycles. The zero-order chi connectivity index (χ0) is 16.0. The molecule has 0 aromatic heterocycles. The Bertz CT molecular complexity index is 484. The molecule has 0 atom stereocenters. The molecule has 1 fully saturated rings. The van der Waals surface area contributed by atoms with Crippen molar-refractivity contribution in [1.82, 2.24) is 5.32 Å². The second kappa shape index (κ2) is 7.49. The predicted octanol–water partition coefficient (Wildman–Crippen LogP) is 3.13. The summed E-state index contributed by atoms with van der Waals surface area (Å²) in [7, 11) is 0. The molecular formula is C15H18F3NO3. The maximum atomic E-state index is 12.0. The Labute approximate surface area is 126 Å². The first-order chi connectivity index (χ1) is 10.4. The summed E-state index contributed by atoms with van der Waals surface area (Å²) < 4.78 is 45.2. The molecule has 1 amide bonds. The minimum absolute atomic E-state index is 0.286. The molecule has 4 nitrogen and oxygen atoms in total. The quantitative estimate of drug-likeness (QED) is 0.749. The summed E-state index contributed by atoms with van der Waals surface area (Å²) in [6, 6.07) is 4.81. The highest BCUT2D eigenvalue weighted by Crippen LogP contribution is 2.28. The second-order valence-corrected chi connectivity index (χ2v) is 5.20. The van der Waals surface area contributed by atoms with Gasteiger partial charge in [-0.2, -0.15) is 0 Å². The van der Waals surface area contributed by atoms with Gasteiger partial charge in [0.25, 0.3) is 5.91 Å². The van der Waals surface area contributed by atoms with Crippen LogP contribution in [0.2, 0.25) is 0 Å². The van der Waals surface area contributed by atoms with Crippen LogP contribution in [0.3, 0.4) is 0 Å². The Morgan fingerprint density at radius 2 is 1.91 bits per heavy atom. The lowest BCUT2D eigenvalue weighted by Gasteiger charge is -2.09. The Morgan fingerprint density at radius 1 is 1.23 bits per heavy atom. The highest BCUT2D eigenvalue weighted by atomic mass is 19.4. The fourth-order valence-electron chi connectivity index (χ4n) is 1.82. The number of hydrogen-bond donors (Lipinski definition) is 1. The van der Waals surface area contributed by atoms with Crippen LogP contribution in [0, 0.1) is 5.92 Å². The Kier molecular flexibility index (Phi) is 5.65. The third-order valence-corrected chi connectivity index (χ3v) is 3.15. The molecule has 1 aliphatic rings. The maximum Gasteiger partial charge on any atom is 0.573 e. The molecule has 0 saturated heterocycles. The summed E-state index contributed by atoms with van der Waals surface area (Å²) in [5.74, 6) is 0.0327. The fraction of sp³-hybridized carbons (Fsp3) is 0.533. The number of benzene rings is 1. The number of alkyl halides is 3. The Morgan fingerprint density at radius 3 is 2.50 bits per heavy atom. The lowest BCUT2D eigenvalue weighted by molar-refractivity contribution is -0.274. The van der Waals surface area contributed by atoms with Crippen LogP contribution in [-0.2, 0) is 4.74 Å². The summed E-state index contributed by atoms with van der Waals surface area (Å²) >= 11 is 0. The number of ether oxygens (including phenoxy) is 2. The van der Waals surface area contributed by atoms with Crippen LogP contribution in [0.15, 0.2) is 24.3 Å². The summed E-state index contributed by atoms with van der Waals surface area (Å²) in [4.78, 5) is 11.8. The number of amides is 1. The lowest BCUT2D eigenvalue weighted by Crippen LogP contribution is -2.25. The van der Waals surface area contributed by atoms with E-state index in [9.17, 15) is 18.0 Å². The second-order valence-electron chi connectivity index (χ2n) is 5.20. The third-order valence-electron chi connectivity index (χ3n) is 3.15. The van der Waals surface area contributed by atoms with Crippen molar-refractivity contribution in [2.45, 2.75) is 25.6 Å². The van der Waals surface area contributed by atoms with Gasteiger partial charge < -0.3 is 14.8 Å². The number of nitrogens with one attached hydrogen (secondary N) is 1. The fourth-order valence-corrected chi connectivity index (χ4v) is 1.82. The molecule has 0 heterocycles. The van der Waals surface area contributed by atoms with Gasteiger partial charge in [-0.15, -0.1) is 13.2 Å². The minimum atomic E-state index is -4.73. The average Bonchev–Trinajstić information content (AvgIpc) is 3.25. The van der Waals surface area contributed by atoms with Gasteiger partial charge in [0.2, 0.25) is 0 Å². The van der Waals surface area contributed by atoms with Crippen LogP contribution in [0.25, 0.3) is 0 Å². The molecular weight excluding hydrogens is 299 g/mol. The van der Waals surface area contributed by atoms with Gasteiger partial charge in [0.1, 0.15) is 5.75 Å². The number of halogens is 3. The van der Waals surface area contributed by atoms with Gasteiger partial charge in [-0.05, 0) is 49.4 Å². The lowest BCUT2D eigenvalue weighted by atomic mass is 10.2. The van der Waals surface area contributed by atoms with Crippen molar-refractivity contribution in [3.63, 3.8) is 0 Å². The van der Waals surface area contributed by atoms with Crippen LogP contribution in [-0.4, -0.2) is 32.0 Å². The zero-order valence-corrected chi connectivity index (χ0v) is 12.0. The molecule has 7 heteroatoms. The van der Waals surface area contributed by atoms with E-state index in [1.807, 2.05) is 0 Å². The Balaban J connectivity index is 1.65. The van der Waals surface area contributed by atoms with E-state index >= 15 is 0 Å². The average molecular weight is 317 g/mol. The molecule has 122 valence electrons. The molecule has 1 N–H and O–H groups in total. The highest BCUT2D eigenvalue weighted by Gasteiger charge is 2.31. The summed E-state index contributed by atoms with van der Waals surface area (Å²) in [6.07, 6.45) is -1.55. The standard InChI is InChI=1S/C15H18F3NO3/c16-15(17,18)22-13-6-4-12(5-7-13)14(20)19-8-1-9-21-10-11-2-3-11/h4-7,11H,1-3,8-10H2,(H,19,20). The molecule has 0 radical (unpaired) electrons. The molecule has 1 aromatic carbocycles. The van der Waals surface area contributed by atoms with E-state index < -0.39 is 6.36 Å². The van der Waals surface area contributed by atoms with E-state index in [2.05, 4.69) is 10.1 Å². The number of carbonyl (C=O) groups excluding carboxylic acids is 1. The molecule has 1 saturated carbocycles. The Hall–Kier alpha value is -1.76. The normalized spacial score (nSPS) is 14.7. The monoisotopic (exact) mass is 317 g/mol. The maximum absolute atomic E-state index is 12.0. The van der Waals surface area contributed by atoms with Gasteiger partial charge in [0, 0.05) is 25.3 Å². The van der Waals surface area contributed by atoms with Crippen molar-refractivity contribution in [2.24, 2.45) is 5.92 Å². The van der Waals surface area contributed by atoms with Crippen LogP contribution in [0.1, 0.15) is 29.6 Å². The van der Waals surface area contributed by atoms with Crippen molar-refractivity contribution in [3.05, 3.63) is 29.8 Å². The minimum Gasteiger partial charge on any atom is -0.406 e. The number of carbonyl (C=O) groups is 1. The predicted molar refractivity (Wildman–Crippen MR) is 73.6 cm³/mol. The van der Waals surface area contributed by atoms with Crippen molar-refractivity contribution >= 4 is 5.91 Å². The molecule has 2 rings (SSSR count). The molecule has 0 unspecified atom stereocenters. The van der Waals surface area contributed by atoms with Crippen molar-refractivity contribution in [3.8, 4) is 5.75 Å². The van der Waals surface area contributed by atoms with Crippen molar-refractivity contribution < 1.29 is 27.4 Å². The van der Waals surface area contributed by atoms with Gasteiger partial charge >= 0.3 is 6.36 Å². The van der Waals surface area contributed by atoms with E-state index in [1.54, 1.807) is 0 Å². The van der Waals surface area contributed by atoms with E-state index in [4.69, 9.17) is 4.74 Å². The first kappa shape index (κ1) is 16.6. The van der Waals surface area contributed by atoms with Crippen LogP contribution in [0.4, 0.5) is 13.2 Å². The summed E-state index contributed by atoms with van der Waals surface area (Å²) in [5.41, 5.74) is 0.286. The van der Waals surface area contributed by atoms with Crippen LogP contribution < -0.4 is 10.1 Å². The first-order valence-corrected chi connectivity index (χ1v) is 7.16. The zero-order valence-electron chi connectivity index (χ0n) is 12.0. The van der Waals surface area contributed by atoms with Crippen LogP contribution in [0.5, 0.6) is 5.75 Å². The molecule has 0 aliphatic heterocycles. The third kappa shape index (κ3) is 6.34. The van der Waals surface area contributed by atoms with Gasteiger partial charge in [-0.25, -0.2) is 0 Å². The smallest absolute Gasteiger partial charge is 0.406 e. The van der Waals surface area contributed by atoms with Crippen molar-refractivity contribution in [2.75, 3.05) is 19.8 Å². The van der Waals surface area contributed by atoms with Gasteiger partial charge in [0.15, 0.2) is 0 Å². The van der Waals surface area contributed by atoms with E-state index in [0.717, 1.165) is 18.7 Å². The van der Waals surface area contributed by atoms with Crippen molar-refractivity contribution in [1.29, 1.82) is 0 Å². The van der Waals surface area contributed by atoms with Gasteiger partial charge in [0.05, 0.1) is 0 Å². The van der Waals surface area contributed by atoms with E-state index in [1.165, 1.54) is 25.0 Å². The summed E-state index contributed by atoms with van der Waals surface area (Å²) in [6.45, 7) is 1.84. The van der Waals surface area contributed by atoms with E-state index in [-0.39, 0.29) is 17.2 Å². The largest absolute Gasteiger partial charge is 0.573 e. The number of hydrogen-bond acceptors (Lipinski definition) is 3. The van der Waals surface area contributed by atoms with E-state index in [0.29, 0.717) is 25.5 Å². The molecule has 0 bridgehead atoms. The topological polar surface area (TPSA) is 47.6 Å². The highest BCUT2D eigenvalue weighted by molar-refractivity contribution is 5.94. The van der Waals surface area contributed by atoms with Crippen LogP contribution >= 0.6 is 0 Å². The summed E-state index contributed by atoms with van der Waals surface area (Å²) in [5, 5.41) is 2.69. The molecule has 22 heavy (non-hydrogen) atoms. The molecule has 1 aromatic rings. The van der Waals surface area contributed by atoms with Gasteiger partial charge in [-0.1, -0.05) is 0 Å². The number of rotatable bonds is 8. The van der Waals surface area contributed by atoms with Gasteiger partial charge in [-0.3, -0.25) is 4.79 Å². The first-order valence-electron chi connectivity index (χ1n) is 7.16.